The second kappa shape index (κ2) is 10.2. The van der Waals surface area contributed by atoms with Gasteiger partial charge in [-0.25, -0.2) is 4.39 Å². The van der Waals surface area contributed by atoms with Crippen molar-refractivity contribution in [3.05, 3.63) is 83.9 Å². The number of anilines is 1. The lowest BCUT2D eigenvalue weighted by molar-refractivity contribution is -0.111. The molecule has 3 aromatic carbocycles. The molecule has 0 radical (unpaired) electrons. The summed E-state index contributed by atoms with van der Waals surface area (Å²) < 4.78 is 25.3. The zero-order chi connectivity index (χ0) is 24.2. The van der Waals surface area contributed by atoms with E-state index in [1.807, 2.05) is 57.4 Å². The molecule has 1 heterocycles. The Morgan fingerprint density at radius 1 is 1.18 bits per heavy atom. The summed E-state index contributed by atoms with van der Waals surface area (Å²) in [6.07, 6.45) is 5.25. The van der Waals surface area contributed by atoms with E-state index in [0.717, 1.165) is 43.8 Å². The van der Waals surface area contributed by atoms with Crippen LogP contribution in [0, 0.1) is 12.7 Å². The van der Waals surface area contributed by atoms with Gasteiger partial charge in [-0.1, -0.05) is 18.2 Å². The smallest absolute Gasteiger partial charge is 0.248 e. The molecule has 1 aromatic heterocycles. The average Bonchev–Trinajstić information content (AvgIpc) is 3.25. The number of hydrogen-bond donors (Lipinski definition) is 1. The zero-order valence-electron chi connectivity index (χ0n) is 19.6. The van der Waals surface area contributed by atoms with Crippen molar-refractivity contribution in [3.63, 3.8) is 0 Å². The summed E-state index contributed by atoms with van der Waals surface area (Å²) in [6, 6.07) is 16.0. The molecule has 0 aliphatic carbocycles. The van der Waals surface area contributed by atoms with E-state index in [0.29, 0.717) is 17.9 Å². The van der Waals surface area contributed by atoms with Gasteiger partial charge in [-0.3, -0.25) is 4.79 Å². The Balaban J connectivity index is 1.76. The first-order chi connectivity index (χ1) is 16.4. The summed E-state index contributed by atoms with van der Waals surface area (Å²) in [5, 5.41) is 3.81. The van der Waals surface area contributed by atoms with E-state index in [9.17, 15) is 9.18 Å². The van der Waals surface area contributed by atoms with Crippen LogP contribution in [0.5, 0.6) is 5.75 Å². The highest BCUT2D eigenvalue weighted by molar-refractivity contribution is 7.98. The van der Waals surface area contributed by atoms with Crippen LogP contribution in [-0.2, 0) is 4.79 Å². The van der Waals surface area contributed by atoms with Crippen LogP contribution in [0.15, 0.2) is 76.2 Å². The van der Waals surface area contributed by atoms with Crippen molar-refractivity contribution in [1.82, 2.24) is 0 Å². The summed E-state index contributed by atoms with van der Waals surface area (Å²) in [5.41, 5.74) is 5.58. The Labute approximate surface area is 202 Å². The van der Waals surface area contributed by atoms with Gasteiger partial charge in [0.15, 0.2) is 0 Å². The predicted octanol–water partition coefficient (Wildman–Crippen LogP) is 7.71. The predicted molar refractivity (Wildman–Crippen MR) is 138 cm³/mol. The fourth-order valence-corrected chi connectivity index (χ4v) is 4.41. The molecule has 34 heavy (non-hydrogen) atoms. The SMILES string of the molecule is CCOc1c(/C(C)=C/C(=O)Nc2cccc(SC)c2)cc2c(-c3ccc(F)cc3)coc2c1C. The zero-order valence-corrected chi connectivity index (χ0v) is 20.4. The summed E-state index contributed by atoms with van der Waals surface area (Å²) in [4.78, 5) is 13.9. The summed E-state index contributed by atoms with van der Waals surface area (Å²) in [5.74, 6) is 0.169. The molecule has 1 N–H and O–H groups in total. The number of hydrogen-bond acceptors (Lipinski definition) is 4. The van der Waals surface area contributed by atoms with Crippen molar-refractivity contribution >= 4 is 39.9 Å². The van der Waals surface area contributed by atoms with Crippen LogP contribution in [-0.4, -0.2) is 18.8 Å². The number of allylic oxidation sites excluding steroid dienone is 1. The molecule has 4 aromatic rings. The van der Waals surface area contributed by atoms with Gasteiger partial charge in [-0.2, -0.15) is 0 Å². The number of thioether (sulfide) groups is 1. The molecule has 6 heteroatoms. The van der Waals surface area contributed by atoms with Crippen molar-refractivity contribution in [2.45, 2.75) is 25.7 Å². The average molecular weight is 476 g/mol. The molecule has 174 valence electrons. The summed E-state index contributed by atoms with van der Waals surface area (Å²) in [6.45, 7) is 6.23. The van der Waals surface area contributed by atoms with E-state index in [1.54, 1.807) is 36.2 Å². The van der Waals surface area contributed by atoms with Crippen LogP contribution >= 0.6 is 11.8 Å². The first-order valence-electron chi connectivity index (χ1n) is 11.0. The number of fused-ring (bicyclic) bond motifs is 1. The lowest BCUT2D eigenvalue weighted by Gasteiger charge is -2.15. The monoisotopic (exact) mass is 475 g/mol. The molecule has 0 saturated carbocycles. The first kappa shape index (κ1) is 23.6. The number of ether oxygens (including phenoxy) is 1. The van der Waals surface area contributed by atoms with Crippen LogP contribution in [0.25, 0.3) is 27.7 Å². The molecule has 0 aliphatic rings. The minimum Gasteiger partial charge on any atom is -0.493 e. The molecule has 0 saturated heterocycles. The standard InChI is InChI=1S/C28H26FNO3S/c1-5-32-27-18(3)28-24(25(16-33-28)19-9-11-20(29)12-10-19)15-23(27)17(2)13-26(31)30-21-7-6-8-22(14-21)34-4/h6-16H,5H2,1-4H3,(H,30,31)/b17-13+. The highest BCUT2D eigenvalue weighted by Crippen LogP contribution is 2.40. The Hall–Kier alpha value is -3.51. The number of aryl methyl sites for hydroxylation is 1. The van der Waals surface area contributed by atoms with Gasteiger partial charge in [0.05, 0.1) is 12.9 Å². The molecule has 0 aliphatic heterocycles. The number of furan rings is 1. The molecule has 0 fully saturated rings. The molecule has 4 nitrogen and oxygen atoms in total. The Morgan fingerprint density at radius 3 is 2.65 bits per heavy atom. The number of amides is 1. The maximum Gasteiger partial charge on any atom is 0.248 e. The largest absolute Gasteiger partial charge is 0.493 e. The number of benzene rings is 3. The third-order valence-corrected chi connectivity index (χ3v) is 6.32. The first-order valence-corrected chi connectivity index (χ1v) is 12.2. The van der Waals surface area contributed by atoms with Crippen LogP contribution in [0.1, 0.15) is 25.0 Å². The van der Waals surface area contributed by atoms with Gasteiger partial charge in [0.25, 0.3) is 0 Å². The Kier molecular flexibility index (Phi) is 7.08. The molecule has 0 atom stereocenters. The van der Waals surface area contributed by atoms with Gasteiger partial charge in [-0.05, 0) is 74.6 Å². The highest BCUT2D eigenvalue weighted by Gasteiger charge is 2.19. The normalized spacial score (nSPS) is 11.6. The van der Waals surface area contributed by atoms with Crippen molar-refractivity contribution in [2.75, 3.05) is 18.2 Å². The molecule has 0 spiro atoms. The van der Waals surface area contributed by atoms with E-state index in [2.05, 4.69) is 5.32 Å². The van der Waals surface area contributed by atoms with Crippen molar-refractivity contribution in [2.24, 2.45) is 0 Å². The van der Waals surface area contributed by atoms with E-state index >= 15 is 0 Å². The maximum absolute atomic E-state index is 13.4. The molecule has 0 bridgehead atoms. The molecular weight excluding hydrogens is 449 g/mol. The highest BCUT2D eigenvalue weighted by atomic mass is 32.2. The lowest BCUT2D eigenvalue weighted by Crippen LogP contribution is -2.09. The van der Waals surface area contributed by atoms with Crippen LogP contribution in [0.2, 0.25) is 0 Å². The minimum atomic E-state index is -0.292. The molecule has 0 unspecified atom stereocenters. The van der Waals surface area contributed by atoms with Gasteiger partial charge >= 0.3 is 0 Å². The van der Waals surface area contributed by atoms with Crippen LogP contribution in [0.4, 0.5) is 10.1 Å². The van der Waals surface area contributed by atoms with Gasteiger partial charge in [0, 0.05) is 38.7 Å². The van der Waals surface area contributed by atoms with Crippen molar-refractivity contribution < 1.29 is 18.3 Å². The van der Waals surface area contributed by atoms with Crippen molar-refractivity contribution in [3.8, 4) is 16.9 Å². The van der Waals surface area contributed by atoms with Gasteiger partial charge < -0.3 is 14.5 Å². The molecule has 4 rings (SSSR count). The fraction of sp³-hybridized carbons (Fsp3) is 0.179. The number of nitrogens with one attached hydrogen (secondary N) is 1. The molecule has 1 amide bonds. The minimum absolute atomic E-state index is 0.220. The number of halogens is 1. The quantitative estimate of drug-likeness (QED) is 0.220. The van der Waals surface area contributed by atoms with Crippen LogP contribution in [0.3, 0.4) is 0 Å². The fourth-order valence-electron chi connectivity index (χ4n) is 3.95. The van der Waals surface area contributed by atoms with E-state index < -0.39 is 0 Å². The lowest BCUT2D eigenvalue weighted by atomic mass is 9.96. The summed E-state index contributed by atoms with van der Waals surface area (Å²) in [7, 11) is 0. The Morgan fingerprint density at radius 2 is 1.94 bits per heavy atom. The van der Waals surface area contributed by atoms with Crippen LogP contribution < -0.4 is 10.1 Å². The topological polar surface area (TPSA) is 51.5 Å². The van der Waals surface area contributed by atoms with E-state index in [1.165, 1.54) is 12.1 Å². The Bertz CT molecular complexity index is 1370. The van der Waals surface area contributed by atoms with Crippen molar-refractivity contribution in [1.29, 1.82) is 0 Å². The third-order valence-electron chi connectivity index (χ3n) is 5.60. The second-order valence-electron chi connectivity index (χ2n) is 7.89. The van der Waals surface area contributed by atoms with Gasteiger partial charge in [-0.15, -0.1) is 11.8 Å². The van der Waals surface area contributed by atoms with Gasteiger partial charge in [0.1, 0.15) is 17.1 Å². The maximum atomic E-state index is 13.4. The summed E-state index contributed by atoms with van der Waals surface area (Å²) >= 11 is 1.62. The number of rotatable bonds is 7. The number of carbonyl (C=O) groups excluding carboxylic acids is 1. The third kappa shape index (κ3) is 4.87. The molecular formula is C28H26FNO3S. The van der Waals surface area contributed by atoms with E-state index in [-0.39, 0.29) is 11.7 Å². The van der Waals surface area contributed by atoms with Gasteiger partial charge in [0.2, 0.25) is 5.91 Å². The number of carbonyl (C=O) groups is 1. The van der Waals surface area contributed by atoms with E-state index in [4.69, 9.17) is 9.15 Å². The second-order valence-corrected chi connectivity index (χ2v) is 8.77.